The van der Waals surface area contributed by atoms with Crippen LogP contribution in [0.1, 0.15) is 11.1 Å². The maximum absolute atomic E-state index is 14.2. The van der Waals surface area contributed by atoms with Crippen LogP contribution in [-0.2, 0) is 0 Å². The summed E-state index contributed by atoms with van der Waals surface area (Å²) in [5.41, 5.74) is 29.1. The number of hydrogen-bond donors (Lipinski definition) is 0. The summed E-state index contributed by atoms with van der Waals surface area (Å²) in [4.78, 5) is 53.5. The van der Waals surface area contributed by atoms with E-state index < -0.39 is 11.6 Å². The van der Waals surface area contributed by atoms with Gasteiger partial charge in [-0.05, 0) is 253 Å². The number of rotatable bonds is 12. The lowest BCUT2D eigenvalue weighted by molar-refractivity contribution is 0.509. The van der Waals surface area contributed by atoms with Crippen LogP contribution in [0.25, 0.3) is 200 Å². The summed E-state index contributed by atoms with van der Waals surface area (Å²) < 4.78 is 81.5. The second-order valence-corrected chi connectivity index (χ2v) is 32.6. The topological polar surface area (TPSA) is 155 Å². The van der Waals surface area contributed by atoms with Gasteiger partial charge in [0.25, 0.3) is 0 Å². The average Bonchev–Trinajstić information content (AvgIpc) is 0.820. The van der Waals surface area contributed by atoms with Gasteiger partial charge in [-0.3, -0.25) is 59.8 Å². The van der Waals surface area contributed by atoms with Gasteiger partial charge in [0.2, 0.25) is 0 Å². The van der Waals surface area contributed by atoms with Crippen molar-refractivity contribution in [3.8, 4) is 134 Å². The van der Waals surface area contributed by atoms with Crippen molar-refractivity contribution in [2.24, 2.45) is 0 Å². The first kappa shape index (κ1) is 90.7. The number of pyridine rings is 12. The second-order valence-electron chi connectivity index (χ2n) is 32.6. The third-order valence-electron chi connectivity index (χ3n) is 23.7. The van der Waals surface area contributed by atoms with Crippen LogP contribution >= 0.6 is 0 Å². The van der Waals surface area contributed by atoms with Gasteiger partial charge < -0.3 is 0 Å². The highest BCUT2D eigenvalue weighted by Gasteiger charge is 2.21. The van der Waals surface area contributed by atoms with Gasteiger partial charge in [-0.2, -0.15) is 0 Å². The largest absolute Gasteiger partial charge is 0.256 e. The van der Waals surface area contributed by atoms with Gasteiger partial charge in [-0.1, -0.05) is 194 Å². The Morgan fingerprint density at radius 2 is 0.429 bits per heavy atom. The summed E-state index contributed by atoms with van der Waals surface area (Å²) in [6.45, 7) is 3.87. The summed E-state index contributed by atoms with van der Waals surface area (Å²) in [5, 5.41) is 6.37. The highest BCUT2D eigenvalue weighted by Crippen LogP contribution is 2.43. The predicted molar refractivity (Wildman–Crippen MR) is 552 cm³/mol. The van der Waals surface area contributed by atoms with Crippen molar-refractivity contribution in [2.45, 2.75) is 13.8 Å². The molecule has 0 atom stereocenters. The molecule has 672 valence electrons. The molecule has 12 heterocycles. The maximum Gasteiger partial charge on any atom is 0.159 e. The molecule has 0 radical (unpaired) electrons. The summed E-state index contributed by atoms with van der Waals surface area (Å²) in [6, 6.07) is 120. The van der Waals surface area contributed by atoms with E-state index in [1.54, 1.807) is 99.1 Å². The molecule has 0 saturated heterocycles. The Hall–Kier alpha value is -18.4. The first-order valence-electron chi connectivity index (χ1n) is 45.1. The van der Waals surface area contributed by atoms with Crippen LogP contribution in [-0.4, -0.2) is 59.8 Å². The maximum atomic E-state index is 14.2. The van der Waals surface area contributed by atoms with Crippen LogP contribution in [0, 0.1) is 48.8 Å². The van der Waals surface area contributed by atoms with Crippen LogP contribution in [0.3, 0.4) is 0 Å². The lowest BCUT2D eigenvalue weighted by Crippen LogP contribution is -1.93. The number of hydrogen-bond acceptors (Lipinski definition) is 12. The van der Waals surface area contributed by atoms with E-state index in [2.05, 4.69) is 127 Å². The molecule has 140 heavy (non-hydrogen) atoms. The molecule has 0 aliphatic carbocycles. The minimum absolute atomic E-state index is 0.203. The Labute approximate surface area is 803 Å². The SMILES string of the molecule is Cc1cc(-c2ncccc2-c2ccnc3ccccc23)ccc1F.Cc1cccc(-c2ncccc2-c2ccnc3ccccc23)c1.Fc1ccc(-c2ncccc2-c2ccnc3ccccc23)cc1.Fc1ccc(-c2ncccc2-c2ccnc3ccccc23)cc1F.Fc1cccc(-c2ncccc2-c2ccnc3ccccc23)c1.Fc1ccccc1-c1ncccc1-c1ccnc2ccccc12. The molecule has 12 aromatic carbocycles. The quantitative estimate of drug-likeness (QED) is 0.107. The fourth-order valence-electron chi connectivity index (χ4n) is 17.2. The van der Waals surface area contributed by atoms with Crippen molar-refractivity contribution in [1.29, 1.82) is 0 Å². The number of benzene rings is 12. The van der Waals surface area contributed by atoms with Crippen molar-refractivity contribution in [3.05, 3.63) is 509 Å². The zero-order chi connectivity index (χ0) is 95.6. The van der Waals surface area contributed by atoms with Crippen LogP contribution in [0.2, 0.25) is 0 Å². The zero-order valence-corrected chi connectivity index (χ0v) is 75.5. The van der Waals surface area contributed by atoms with Gasteiger partial charge in [-0.15, -0.1) is 0 Å². The Bertz CT molecular complexity index is 8260. The fourth-order valence-corrected chi connectivity index (χ4v) is 17.2. The molecule has 0 saturated carbocycles. The van der Waals surface area contributed by atoms with Crippen LogP contribution in [0.5, 0.6) is 0 Å². The predicted octanol–water partition coefficient (Wildman–Crippen LogP) is 31.2. The Morgan fingerprint density at radius 1 is 0.150 bits per heavy atom. The van der Waals surface area contributed by atoms with Gasteiger partial charge in [0.05, 0.1) is 67.3 Å². The van der Waals surface area contributed by atoms with Crippen molar-refractivity contribution in [1.82, 2.24) is 59.8 Å². The van der Waals surface area contributed by atoms with E-state index in [-0.39, 0.29) is 23.3 Å². The van der Waals surface area contributed by atoms with Crippen molar-refractivity contribution >= 4 is 65.4 Å². The summed E-state index contributed by atoms with van der Waals surface area (Å²) in [7, 11) is 0. The van der Waals surface area contributed by atoms with E-state index >= 15 is 0 Å². The van der Waals surface area contributed by atoms with Crippen molar-refractivity contribution in [3.63, 3.8) is 0 Å². The lowest BCUT2D eigenvalue weighted by atomic mass is 9.96. The minimum Gasteiger partial charge on any atom is -0.256 e. The number of para-hydroxylation sites is 6. The molecule has 0 fully saturated rings. The van der Waals surface area contributed by atoms with Gasteiger partial charge in [0.1, 0.15) is 23.3 Å². The number of fused-ring (bicyclic) bond motifs is 6. The molecule has 24 aromatic rings. The number of halogens is 6. The molecular formula is C122H82F6N12. The van der Waals surface area contributed by atoms with E-state index in [0.29, 0.717) is 28.1 Å². The summed E-state index contributed by atoms with van der Waals surface area (Å²) >= 11 is 0. The first-order valence-corrected chi connectivity index (χ1v) is 45.1. The molecule has 0 N–H and O–H groups in total. The normalized spacial score (nSPS) is 10.9. The minimum atomic E-state index is -0.885. The zero-order valence-electron chi connectivity index (χ0n) is 75.5. The van der Waals surface area contributed by atoms with Gasteiger partial charge >= 0.3 is 0 Å². The molecular weight excluding hydrogens is 1750 g/mol. The number of aromatic nitrogens is 12. The van der Waals surface area contributed by atoms with E-state index in [4.69, 9.17) is 0 Å². The van der Waals surface area contributed by atoms with Crippen LogP contribution < -0.4 is 0 Å². The van der Waals surface area contributed by atoms with E-state index in [9.17, 15) is 26.3 Å². The molecule has 0 amide bonds. The van der Waals surface area contributed by atoms with E-state index in [1.165, 1.54) is 59.7 Å². The first-order chi connectivity index (χ1) is 68.8. The van der Waals surface area contributed by atoms with E-state index in [0.717, 1.165) is 178 Å². The Kier molecular flexibility index (Phi) is 27.5. The van der Waals surface area contributed by atoms with Gasteiger partial charge in [0.15, 0.2) is 11.6 Å². The summed E-state index contributed by atoms with van der Waals surface area (Å²) in [5.74, 6) is -2.75. The standard InChI is InChI=1S/C21H15FN2.C21H16N2.C20H12F2N2.3C20H13FN2/c1-14-13-15(8-9-19(14)22)21-18(6-4-11-24-21)16-10-12-23-20-7-3-2-5-17(16)20;1-15-6-4-7-16(14-15)21-19(9-5-12-23-21)17-11-13-22-20-10-3-2-8-18(17)20;21-17-8-7-13(12-18(17)22)20-16(5-3-10-24-20)14-9-11-23-19-6-2-1-4-15(14)19;21-18-9-3-1-7-17(18)20-16(8-5-12-23-20)14-11-13-22-19-10-4-2-6-15(14)19;21-15-6-3-5-14(13-15)20-18(8-4-11-23-20)16-10-12-22-19-9-2-1-7-17(16)19;21-15-9-7-14(8-10-15)20-18(5-3-12-23-20)16-11-13-22-19-6-2-1-4-17(16)19/h2-13H,1H3;2-14H,1H3;1-12H;3*1-13H. The number of aryl methyl sites for hydroxylation is 2. The molecule has 0 bridgehead atoms. The monoisotopic (exact) mass is 1830 g/mol. The van der Waals surface area contributed by atoms with Gasteiger partial charge in [0, 0.05) is 173 Å². The highest BCUT2D eigenvalue weighted by molar-refractivity contribution is 6.04. The third-order valence-corrected chi connectivity index (χ3v) is 23.7. The third kappa shape index (κ3) is 20.2. The molecule has 0 aliphatic rings. The van der Waals surface area contributed by atoms with Gasteiger partial charge in [-0.25, -0.2) is 26.3 Å². The number of nitrogens with zero attached hydrogens (tertiary/aromatic N) is 12. The Morgan fingerprint density at radius 3 is 0.764 bits per heavy atom. The van der Waals surface area contributed by atoms with Crippen molar-refractivity contribution in [2.75, 3.05) is 0 Å². The van der Waals surface area contributed by atoms with Crippen molar-refractivity contribution < 1.29 is 26.3 Å². The summed E-state index contributed by atoms with van der Waals surface area (Å²) in [6.07, 6.45) is 21.2. The van der Waals surface area contributed by atoms with Crippen LogP contribution in [0.4, 0.5) is 26.3 Å². The van der Waals surface area contributed by atoms with E-state index in [1.807, 2.05) is 255 Å². The highest BCUT2D eigenvalue weighted by atomic mass is 19.2. The molecule has 0 aliphatic heterocycles. The molecule has 24 rings (SSSR count). The Balaban J connectivity index is 0.000000107. The lowest BCUT2D eigenvalue weighted by Gasteiger charge is -2.12. The molecule has 0 spiro atoms. The molecule has 0 unspecified atom stereocenters. The van der Waals surface area contributed by atoms with Crippen LogP contribution in [0.15, 0.2) is 463 Å². The molecule has 18 heteroatoms. The molecule has 12 nitrogen and oxygen atoms in total. The average molecular weight is 1830 g/mol. The second kappa shape index (κ2) is 42.4. The fraction of sp³-hybridized carbons (Fsp3) is 0.0164. The smallest absolute Gasteiger partial charge is 0.159 e. The molecule has 12 aromatic heterocycles.